The number of benzene rings is 1. The molecule has 0 radical (unpaired) electrons. The Bertz CT molecular complexity index is 1020. The van der Waals surface area contributed by atoms with Gasteiger partial charge in [-0.25, -0.2) is 9.97 Å². The molecule has 0 aliphatic carbocycles. The van der Waals surface area contributed by atoms with Crippen molar-refractivity contribution in [2.75, 3.05) is 11.9 Å². The van der Waals surface area contributed by atoms with Crippen molar-refractivity contribution in [1.82, 2.24) is 14.9 Å². The Hall–Kier alpha value is -3.26. The lowest BCUT2D eigenvalue weighted by atomic mass is 10.0. The van der Waals surface area contributed by atoms with Gasteiger partial charge >= 0.3 is 0 Å². The quantitative estimate of drug-likeness (QED) is 0.714. The number of carbonyl (C=O) groups excluding carboxylic acids is 3. The first-order chi connectivity index (χ1) is 13.3. The summed E-state index contributed by atoms with van der Waals surface area (Å²) in [7, 11) is 0. The number of aromatic nitrogens is 2. The van der Waals surface area contributed by atoms with Crippen LogP contribution in [0.5, 0.6) is 0 Å². The van der Waals surface area contributed by atoms with Gasteiger partial charge < -0.3 is 16.0 Å². The molecular formula is C19H18ClN5O3. The molecule has 28 heavy (non-hydrogen) atoms. The van der Waals surface area contributed by atoms with Gasteiger partial charge in [0.1, 0.15) is 5.78 Å². The number of carbonyl (C=O) groups is 3. The summed E-state index contributed by atoms with van der Waals surface area (Å²) in [6, 6.07) is 5.31. The molecule has 9 heteroatoms. The largest absolute Gasteiger partial charge is 0.403 e. The number of ketones is 2. The molecule has 2 heterocycles. The fourth-order valence-corrected chi connectivity index (χ4v) is 3.10. The average molecular weight is 400 g/mol. The molecule has 1 aromatic heterocycles. The highest BCUT2D eigenvalue weighted by Gasteiger charge is 2.28. The predicted octanol–water partition coefficient (Wildman–Crippen LogP) is 2.14. The molecule has 0 unspecified atom stereocenters. The third-order valence-corrected chi connectivity index (χ3v) is 4.49. The van der Waals surface area contributed by atoms with Crippen LogP contribution in [0.3, 0.4) is 0 Å². The summed E-state index contributed by atoms with van der Waals surface area (Å²) in [5.41, 5.74) is 7.95. The van der Waals surface area contributed by atoms with E-state index in [2.05, 4.69) is 15.3 Å². The highest BCUT2D eigenvalue weighted by molar-refractivity contribution is 6.33. The number of amides is 1. The van der Waals surface area contributed by atoms with Gasteiger partial charge in [-0.2, -0.15) is 0 Å². The highest BCUT2D eigenvalue weighted by atomic mass is 35.5. The summed E-state index contributed by atoms with van der Waals surface area (Å²) in [4.78, 5) is 45.3. The summed E-state index contributed by atoms with van der Waals surface area (Å²) in [5.74, 6) is -0.404. The van der Waals surface area contributed by atoms with Crippen molar-refractivity contribution in [2.45, 2.75) is 20.4 Å². The molecule has 1 aromatic carbocycles. The molecule has 0 bridgehead atoms. The van der Waals surface area contributed by atoms with Crippen molar-refractivity contribution in [1.29, 1.82) is 0 Å². The van der Waals surface area contributed by atoms with E-state index >= 15 is 0 Å². The molecule has 1 aliphatic rings. The number of hydrogen-bond donors (Lipinski definition) is 2. The van der Waals surface area contributed by atoms with Crippen LogP contribution < -0.4 is 11.1 Å². The van der Waals surface area contributed by atoms with Crippen LogP contribution in [0.1, 0.15) is 29.8 Å². The summed E-state index contributed by atoms with van der Waals surface area (Å²) < 4.78 is 0. The second kappa shape index (κ2) is 7.77. The van der Waals surface area contributed by atoms with Crippen LogP contribution in [0.4, 0.5) is 5.95 Å². The molecule has 3 N–H and O–H groups in total. The Kier molecular flexibility index (Phi) is 5.41. The Morgan fingerprint density at radius 3 is 2.75 bits per heavy atom. The highest BCUT2D eigenvalue weighted by Crippen LogP contribution is 2.31. The van der Waals surface area contributed by atoms with Crippen molar-refractivity contribution in [3.05, 3.63) is 52.4 Å². The number of nitrogens with one attached hydrogen (secondary N) is 1. The van der Waals surface area contributed by atoms with E-state index < -0.39 is 0 Å². The molecule has 144 valence electrons. The summed E-state index contributed by atoms with van der Waals surface area (Å²) >= 11 is 6.25. The first-order valence-electron chi connectivity index (χ1n) is 8.44. The number of nitrogens with zero attached hydrogens (tertiary/aromatic N) is 3. The molecule has 1 aliphatic heterocycles. The molecule has 0 spiro atoms. The average Bonchev–Trinajstić information content (AvgIpc) is 2.95. The van der Waals surface area contributed by atoms with Crippen LogP contribution in [-0.4, -0.2) is 38.9 Å². The Labute approximate surface area is 166 Å². The van der Waals surface area contributed by atoms with Crippen LogP contribution in [0.2, 0.25) is 5.02 Å². The standard InChI is InChI=1S/C19H18ClN5O3/c1-10(26)8-25-9-13-4-3-12(5-14(13)18(25)28)17-15(20)7-22-19(24-17)23-16(6-21)11(2)27/h3-7H,8-9,21H2,1-2H3,(H,22,23,24). The van der Waals surface area contributed by atoms with E-state index in [0.717, 1.165) is 11.8 Å². The summed E-state index contributed by atoms with van der Waals surface area (Å²) in [5, 5.41) is 3.04. The zero-order valence-electron chi connectivity index (χ0n) is 15.3. The lowest BCUT2D eigenvalue weighted by Gasteiger charge is -2.12. The molecule has 0 saturated heterocycles. The first kappa shape index (κ1) is 19.5. The van der Waals surface area contributed by atoms with E-state index in [-0.39, 0.29) is 40.7 Å². The minimum Gasteiger partial charge on any atom is -0.403 e. The minimum absolute atomic E-state index is 0.0738. The third-order valence-electron chi connectivity index (χ3n) is 4.21. The lowest BCUT2D eigenvalue weighted by Crippen LogP contribution is -2.28. The van der Waals surface area contributed by atoms with Gasteiger partial charge in [0, 0.05) is 30.8 Å². The number of fused-ring (bicyclic) bond motifs is 1. The number of nitrogens with two attached hydrogens (primary N) is 1. The third kappa shape index (κ3) is 3.86. The molecule has 8 nitrogen and oxygen atoms in total. The van der Waals surface area contributed by atoms with Crippen molar-refractivity contribution < 1.29 is 14.4 Å². The van der Waals surface area contributed by atoms with E-state index in [9.17, 15) is 14.4 Å². The van der Waals surface area contributed by atoms with Gasteiger partial charge in [-0.05, 0) is 18.6 Å². The predicted molar refractivity (Wildman–Crippen MR) is 104 cm³/mol. The Morgan fingerprint density at radius 2 is 2.11 bits per heavy atom. The van der Waals surface area contributed by atoms with Crippen molar-refractivity contribution in [2.24, 2.45) is 5.73 Å². The van der Waals surface area contributed by atoms with E-state index in [1.165, 1.54) is 24.9 Å². The van der Waals surface area contributed by atoms with Gasteiger partial charge in [0.15, 0.2) is 5.78 Å². The fraction of sp³-hybridized carbons (Fsp3) is 0.211. The van der Waals surface area contributed by atoms with E-state index in [0.29, 0.717) is 23.4 Å². The van der Waals surface area contributed by atoms with Gasteiger partial charge in [-0.1, -0.05) is 23.7 Å². The van der Waals surface area contributed by atoms with Crippen molar-refractivity contribution in [3.8, 4) is 11.3 Å². The number of allylic oxidation sites excluding steroid dienone is 1. The number of anilines is 1. The lowest BCUT2D eigenvalue weighted by molar-refractivity contribution is -0.117. The molecule has 0 saturated carbocycles. The van der Waals surface area contributed by atoms with Crippen LogP contribution in [-0.2, 0) is 16.1 Å². The number of hydrogen-bond acceptors (Lipinski definition) is 7. The molecular weight excluding hydrogens is 382 g/mol. The number of Topliss-reactive ketones (excluding diaryl/α,β-unsaturated/α-hetero) is 2. The van der Waals surface area contributed by atoms with Gasteiger partial charge in [-0.3, -0.25) is 14.4 Å². The first-order valence-corrected chi connectivity index (χ1v) is 8.82. The molecule has 0 fully saturated rings. The smallest absolute Gasteiger partial charge is 0.254 e. The normalized spacial score (nSPS) is 13.5. The second-order valence-corrected chi connectivity index (χ2v) is 6.79. The van der Waals surface area contributed by atoms with Crippen molar-refractivity contribution in [3.63, 3.8) is 0 Å². The maximum atomic E-state index is 12.6. The number of halogens is 1. The SMILES string of the molecule is CC(=O)CN1Cc2ccc(-c3nc(NC(=CN)C(C)=O)ncc3Cl)cc2C1=O. The van der Waals surface area contributed by atoms with Crippen LogP contribution in [0, 0.1) is 0 Å². The maximum Gasteiger partial charge on any atom is 0.254 e. The van der Waals surface area contributed by atoms with E-state index in [1.54, 1.807) is 12.1 Å². The van der Waals surface area contributed by atoms with Crippen LogP contribution >= 0.6 is 11.6 Å². The summed E-state index contributed by atoms with van der Waals surface area (Å²) in [6.07, 6.45) is 2.54. The topological polar surface area (TPSA) is 118 Å². The zero-order valence-corrected chi connectivity index (χ0v) is 16.1. The van der Waals surface area contributed by atoms with Gasteiger partial charge in [0.2, 0.25) is 5.95 Å². The number of rotatable bonds is 6. The Morgan fingerprint density at radius 1 is 1.36 bits per heavy atom. The molecule has 0 atom stereocenters. The van der Waals surface area contributed by atoms with Gasteiger partial charge in [0.05, 0.1) is 29.2 Å². The fourth-order valence-electron chi connectivity index (χ4n) is 2.90. The molecule has 2 aromatic rings. The zero-order chi connectivity index (χ0) is 20.4. The minimum atomic E-state index is -0.267. The Balaban J connectivity index is 1.94. The monoisotopic (exact) mass is 399 g/mol. The summed E-state index contributed by atoms with van der Waals surface area (Å²) in [6.45, 7) is 3.27. The van der Waals surface area contributed by atoms with Crippen LogP contribution in [0.25, 0.3) is 11.3 Å². The van der Waals surface area contributed by atoms with E-state index in [4.69, 9.17) is 17.3 Å². The van der Waals surface area contributed by atoms with Gasteiger partial charge in [-0.15, -0.1) is 0 Å². The molecule has 3 rings (SSSR count). The maximum absolute atomic E-state index is 12.6. The molecule has 1 amide bonds. The van der Waals surface area contributed by atoms with Gasteiger partial charge in [0.25, 0.3) is 5.91 Å². The van der Waals surface area contributed by atoms with E-state index in [1.807, 2.05) is 6.07 Å². The second-order valence-electron chi connectivity index (χ2n) is 6.39. The van der Waals surface area contributed by atoms with Crippen LogP contribution in [0.15, 0.2) is 36.3 Å². The van der Waals surface area contributed by atoms with Crippen molar-refractivity contribution >= 4 is 35.0 Å².